The van der Waals surface area contributed by atoms with E-state index in [1.54, 1.807) is 0 Å². The van der Waals surface area contributed by atoms with Crippen LogP contribution in [0.5, 0.6) is 0 Å². The van der Waals surface area contributed by atoms with Gasteiger partial charge in [0.2, 0.25) is 5.91 Å². The van der Waals surface area contributed by atoms with E-state index < -0.39 is 13.0 Å². The van der Waals surface area contributed by atoms with Crippen LogP contribution in [-0.4, -0.2) is 30.3 Å². The monoisotopic (exact) mass is 332 g/mol. The van der Waals surface area contributed by atoms with Crippen LogP contribution >= 0.6 is 12.4 Å². The Kier molecular flexibility index (Phi) is 7.76. The fraction of sp³-hybridized carbons (Fsp3) is 0.562. The first-order valence-corrected chi connectivity index (χ1v) is 7.42. The largest absolute Gasteiger partial charge is 0.332 e. The molecule has 1 aromatic rings. The molecular formula is C16H23ClF2N2O. The molecule has 1 aromatic carbocycles. The van der Waals surface area contributed by atoms with Crippen LogP contribution in [-0.2, 0) is 11.3 Å². The second kappa shape index (κ2) is 9.06. The van der Waals surface area contributed by atoms with Gasteiger partial charge < -0.3 is 10.6 Å². The van der Waals surface area contributed by atoms with E-state index in [2.05, 4.69) is 0 Å². The number of hydrogen-bond acceptors (Lipinski definition) is 2. The van der Waals surface area contributed by atoms with Crippen molar-refractivity contribution in [1.82, 2.24) is 4.90 Å². The predicted molar refractivity (Wildman–Crippen MR) is 85.0 cm³/mol. The summed E-state index contributed by atoms with van der Waals surface area (Å²) in [7, 11) is 0. The highest BCUT2D eigenvalue weighted by Gasteiger charge is 2.35. The Morgan fingerprint density at radius 1 is 1.27 bits per heavy atom. The summed E-state index contributed by atoms with van der Waals surface area (Å²) in [6.45, 7) is 0.170. The van der Waals surface area contributed by atoms with Crippen molar-refractivity contribution in [2.75, 3.05) is 13.1 Å². The van der Waals surface area contributed by atoms with Crippen molar-refractivity contribution in [3.63, 3.8) is 0 Å². The van der Waals surface area contributed by atoms with Gasteiger partial charge in [-0.25, -0.2) is 8.78 Å². The molecule has 2 N–H and O–H groups in total. The number of benzene rings is 1. The van der Waals surface area contributed by atoms with Crippen molar-refractivity contribution in [2.45, 2.75) is 32.2 Å². The molecule has 0 heterocycles. The number of nitrogens with zero attached hydrogens (tertiary/aromatic N) is 1. The maximum absolute atomic E-state index is 12.8. The highest BCUT2D eigenvalue weighted by atomic mass is 35.5. The molecule has 1 fully saturated rings. The maximum Gasteiger partial charge on any atom is 0.255 e. The third kappa shape index (κ3) is 4.92. The summed E-state index contributed by atoms with van der Waals surface area (Å²) in [6, 6.07) is 9.25. The molecule has 1 aliphatic carbocycles. The van der Waals surface area contributed by atoms with Crippen molar-refractivity contribution >= 4 is 18.3 Å². The van der Waals surface area contributed by atoms with E-state index in [9.17, 15) is 13.6 Å². The van der Waals surface area contributed by atoms with Crippen LogP contribution < -0.4 is 5.73 Å². The average molecular weight is 333 g/mol. The summed E-state index contributed by atoms with van der Waals surface area (Å²) in [4.78, 5) is 13.9. The number of amides is 1. The molecule has 0 aromatic heterocycles. The number of carbonyl (C=O) groups excluding carboxylic acids is 1. The normalized spacial score (nSPS) is 20.7. The van der Waals surface area contributed by atoms with Crippen LogP contribution in [0.4, 0.5) is 8.78 Å². The molecule has 1 saturated carbocycles. The minimum absolute atomic E-state index is 0. The average Bonchev–Trinajstić information content (AvgIpc) is 2.95. The maximum atomic E-state index is 12.8. The van der Waals surface area contributed by atoms with E-state index in [1.807, 2.05) is 30.3 Å². The molecule has 0 aliphatic heterocycles. The summed E-state index contributed by atoms with van der Waals surface area (Å²) in [5, 5.41) is 0. The standard InChI is InChI=1S/C16H22F2N2O.ClH/c17-15(18)11-20(10-12-5-2-1-3-6-12)16(21)14-8-4-7-13(14)9-19;/h1-3,5-6,13-15H,4,7-11,19H2;1H/t13-,14-;/m1./s1. The Balaban J connectivity index is 0.00000242. The topological polar surface area (TPSA) is 46.3 Å². The van der Waals surface area contributed by atoms with Gasteiger partial charge in [0.15, 0.2) is 0 Å². The molecule has 2 atom stereocenters. The van der Waals surface area contributed by atoms with E-state index in [-0.39, 0.29) is 36.7 Å². The van der Waals surface area contributed by atoms with Crippen molar-refractivity contribution in [3.8, 4) is 0 Å². The fourth-order valence-electron chi connectivity index (χ4n) is 3.08. The Labute approximate surface area is 136 Å². The van der Waals surface area contributed by atoms with Crippen molar-refractivity contribution in [3.05, 3.63) is 35.9 Å². The van der Waals surface area contributed by atoms with Gasteiger partial charge in [-0.2, -0.15) is 0 Å². The van der Waals surface area contributed by atoms with Crippen LogP contribution in [0.3, 0.4) is 0 Å². The minimum atomic E-state index is -2.52. The Morgan fingerprint density at radius 2 is 1.95 bits per heavy atom. The van der Waals surface area contributed by atoms with Crippen molar-refractivity contribution in [1.29, 1.82) is 0 Å². The van der Waals surface area contributed by atoms with Crippen LogP contribution in [0.1, 0.15) is 24.8 Å². The smallest absolute Gasteiger partial charge is 0.255 e. The SMILES string of the molecule is Cl.NC[C@H]1CCC[C@H]1C(=O)N(Cc1ccccc1)CC(F)F. The first kappa shape index (κ1) is 18.8. The predicted octanol–water partition coefficient (Wildman–Crippen LogP) is 3.08. The van der Waals surface area contributed by atoms with Gasteiger partial charge >= 0.3 is 0 Å². The number of carbonyl (C=O) groups is 1. The number of hydrogen-bond donors (Lipinski definition) is 1. The molecule has 0 bridgehead atoms. The molecule has 3 nitrogen and oxygen atoms in total. The molecule has 2 rings (SSSR count). The highest BCUT2D eigenvalue weighted by molar-refractivity contribution is 5.85. The molecule has 0 saturated heterocycles. The lowest BCUT2D eigenvalue weighted by Crippen LogP contribution is -2.41. The summed E-state index contributed by atoms with van der Waals surface area (Å²) >= 11 is 0. The first-order valence-electron chi connectivity index (χ1n) is 7.42. The molecule has 1 amide bonds. The summed E-state index contributed by atoms with van der Waals surface area (Å²) in [5.74, 6) is -0.238. The third-order valence-corrected chi connectivity index (χ3v) is 4.17. The second-order valence-corrected chi connectivity index (χ2v) is 5.63. The summed E-state index contributed by atoms with van der Waals surface area (Å²) in [6.07, 6.45) is 0.109. The Morgan fingerprint density at radius 3 is 2.55 bits per heavy atom. The van der Waals surface area contributed by atoms with E-state index in [4.69, 9.17) is 5.73 Å². The van der Waals surface area contributed by atoms with Crippen LogP contribution in [0.25, 0.3) is 0 Å². The van der Waals surface area contributed by atoms with Gasteiger partial charge in [0.25, 0.3) is 6.43 Å². The molecule has 1 aliphatic rings. The van der Waals surface area contributed by atoms with E-state index in [0.29, 0.717) is 6.54 Å². The first-order chi connectivity index (χ1) is 10.1. The fourth-order valence-corrected chi connectivity index (χ4v) is 3.08. The minimum Gasteiger partial charge on any atom is -0.332 e. The van der Waals surface area contributed by atoms with Gasteiger partial charge in [-0.15, -0.1) is 12.4 Å². The summed E-state index contributed by atoms with van der Waals surface area (Å²) < 4.78 is 25.6. The van der Waals surface area contributed by atoms with Gasteiger partial charge in [0.05, 0.1) is 6.54 Å². The number of rotatable bonds is 6. The molecule has 0 unspecified atom stereocenters. The highest BCUT2D eigenvalue weighted by Crippen LogP contribution is 2.32. The second-order valence-electron chi connectivity index (χ2n) is 5.63. The lowest BCUT2D eigenvalue weighted by atomic mass is 9.94. The van der Waals surface area contributed by atoms with Crippen LogP contribution in [0.2, 0.25) is 0 Å². The Hall–Kier alpha value is -1.20. The number of halogens is 3. The molecule has 0 radical (unpaired) electrons. The third-order valence-electron chi connectivity index (χ3n) is 4.17. The zero-order chi connectivity index (χ0) is 15.2. The quantitative estimate of drug-likeness (QED) is 0.870. The van der Waals surface area contributed by atoms with E-state index >= 15 is 0 Å². The van der Waals surface area contributed by atoms with Gasteiger partial charge in [0.1, 0.15) is 0 Å². The van der Waals surface area contributed by atoms with Gasteiger partial charge in [0, 0.05) is 12.5 Å². The number of alkyl halides is 2. The Bertz CT molecular complexity index is 459. The van der Waals surface area contributed by atoms with E-state index in [0.717, 1.165) is 24.8 Å². The van der Waals surface area contributed by atoms with Crippen molar-refractivity contribution in [2.24, 2.45) is 17.6 Å². The van der Waals surface area contributed by atoms with Crippen LogP contribution in [0.15, 0.2) is 30.3 Å². The lowest BCUT2D eigenvalue weighted by Gasteiger charge is -2.28. The zero-order valence-corrected chi connectivity index (χ0v) is 13.3. The van der Waals surface area contributed by atoms with Crippen LogP contribution in [0, 0.1) is 11.8 Å². The molecular weight excluding hydrogens is 310 g/mol. The summed E-state index contributed by atoms with van der Waals surface area (Å²) in [5.41, 5.74) is 6.57. The zero-order valence-electron chi connectivity index (χ0n) is 12.5. The number of nitrogens with two attached hydrogens (primary N) is 1. The van der Waals surface area contributed by atoms with Gasteiger partial charge in [-0.05, 0) is 30.9 Å². The lowest BCUT2D eigenvalue weighted by molar-refractivity contribution is -0.139. The molecule has 124 valence electrons. The molecule has 0 spiro atoms. The van der Waals surface area contributed by atoms with Gasteiger partial charge in [-0.1, -0.05) is 36.8 Å². The van der Waals surface area contributed by atoms with Gasteiger partial charge in [-0.3, -0.25) is 4.79 Å². The molecule has 22 heavy (non-hydrogen) atoms. The molecule has 6 heteroatoms. The van der Waals surface area contributed by atoms with Crippen molar-refractivity contribution < 1.29 is 13.6 Å². The van der Waals surface area contributed by atoms with E-state index in [1.165, 1.54) is 4.90 Å².